The summed E-state index contributed by atoms with van der Waals surface area (Å²) in [7, 11) is 0. The molecule has 0 atom stereocenters. The normalized spacial score (nSPS) is 4.00. The number of primary amides is 1. The summed E-state index contributed by atoms with van der Waals surface area (Å²) in [5.41, 5.74) is 4.03. The van der Waals surface area contributed by atoms with Gasteiger partial charge in [0, 0.05) is 0 Å². The van der Waals surface area contributed by atoms with Crippen LogP contribution in [-0.4, -0.2) is 16.7 Å². The van der Waals surface area contributed by atoms with Crippen molar-refractivity contribution in [3.05, 3.63) is 0 Å². The van der Waals surface area contributed by atoms with Crippen LogP contribution in [0.2, 0.25) is 0 Å². The fraction of sp³-hybridized carbons (Fsp3) is 0. The maximum atomic E-state index is 8.78. The Morgan fingerprint density at radius 2 is 1.83 bits per heavy atom. The maximum absolute atomic E-state index is 8.78. The third kappa shape index (κ3) is 834. The van der Waals surface area contributed by atoms with Crippen molar-refractivity contribution in [1.82, 2.24) is 0 Å². The van der Waals surface area contributed by atoms with E-state index in [0.717, 1.165) is 0 Å². The van der Waals surface area contributed by atoms with E-state index in [1.807, 2.05) is 0 Å². The zero-order valence-electron chi connectivity index (χ0n) is 4.43. The summed E-state index contributed by atoms with van der Waals surface area (Å²) in [5.74, 6) is 0. The molecule has 0 bridgehead atoms. The second kappa shape index (κ2) is 8.97. The number of nitrogens with two attached hydrogens (primary N) is 1. The molecule has 0 aliphatic heterocycles. The second-order valence-corrected chi connectivity index (χ2v) is 0.338. The van der Waals surface area contributed by atoms with Crippen molar-refractivity contribution in [2.45, 2.75) is 0 Å². The summed E-state index contributed by atoms with van der Waals surface area (Å²) in [6.45, 7) is 0. The van der Waals surface area contributed by atoms with E-state index in [1.54, 1.807) is 0 Å². The summed E-state index contributed by atoms with van der Waals surface area (Å²) >= 11 is 0. The predicted octanol–water partition coefficient (Wildman–Crippen LogP) is -4.09. The Morgan fingerprint density at radius 1 is 1.83 bits per heavy atom. The van der Waals surface area contributed by atoms with E-state index >= 15 is 0 Å². The summed E-state index contributed by atoms with van der Waals surface area (Å²) < 4.78 is 0. The zero-order valence-corrected chi connectivity index (χ0v) is 5.43. The van der Waals surface area contributed by atoms with Gasteiger partial charge in [-0.15, -0.1) is 0 Å². The standard InChI is InChI=1S/CH3NO2.Na.H2O.H/c2-1(3)4;;;/h2H2,(H,3,4);;1H2;/q;+1;;-1. The van der Waals surface area contributed by atoms with Crippen molar-refractivity contribution < 1.29 is 46.4 Å². The summed E-state index contributed by atoms with van der Waals surface area (Å²) in [5, 5.41) is 7.19. The van der Waals surface area contributed by atoms with Gasteiger partial charge in [-0.3, -0.25) is 0 Å². The third-order valence-electron chi connectivity index (χ3n) is 0. The van der Waals surface area contributed by atoms with Crippen molar-refractivity contribution >= 4 is 6.09 Å². The van der Waals surface area contributed by atoms with Gasteiger partial charge in [0.25, 0.3) is 0 Å². The molecule has 0 saturated heterocycles. The van der Waals surface area contributed by atoms with Gasteiger partial charge in [-0.1, -0.05) is 0 Å². The molecule has 0 unspecified atom stereocenters. The Balaban J connectivity index is -0.0000000150. The van der Waals surface area contributed by atoms with E-state index < -0.39 is 6.09 Å². The molecule has 0 saturated carbocycles. The molecule has 0 aromatic rings. The number of hydrogen-bond donors (Lipinski definition) is 2. The average molecular weight is 103 g/mol. The molecule has 0 aliphatic rings. The van der Waals surface area contributed by atoms with Gasteiger partial charge < -0.3 is 17.7 Å². The van der Waals surface area contributed by atoms with Crippen LogP contribution in [0, 0.1) is 0 Å². The quantitative estimate of drug-likeness (QED) is 0.305. The van der Waals surface area contributed by atoms with E-state index in [0.29, 0.717) is 0 Å². The molecule has 0 spiro atoms. The molecular formula is CH6NNaO3. The van der Waals surface area contributed by atoms with Crippen LogP contribution >= 0.6 is 0 Å². The van der Waals surface area contributed by atoms with Crippen LogP contribution in [0.25, 0.3) is 0 Å². The largest absolute Gasteiger partial charge is 1.00 e. The molecule has 0 aromatic heterocycles. The SMILES string of the molecule is NC(=O)O.O.[H-].[Na+]. The van der Waals surface area contributed by atoms with Crippen LogP contribution in [0.4, 0.5) is 4.79 Å². The molecule has 34 valence electrons. The van der Waals surface area contributed by atoms with E-state index in [2.05, 4.69) is 5.73 Å². The first kappa shape index (κ1) is 16.3. The number of rotatable bonds is 0. The van der Waals surface area contributed by atoms with Gasteiger partial charge in [0.1, 0.15) is 0 Å². The van der Waals surface area contributed by atoms with Crippen LogP contribution < -0.4 is 35.3 Å². The Labute approximate surface area is 58.4 Å². The van der Waals surface area contributed by atoms with E-state index in [9.17, 15) is 0 Å². The molecule has 0 aromatic carbocycles. The molecule has 6 heavy (non-hydrogen) atoms. The first-order valence-corrected chi connectivity index (χ1v) is 0.716. The molecule has 5 N–H and O–H groups in total. The Hall–Kier alpha value is 0.230. The van der Waals surface area contributed by atoms with Crippen molar-refractivity contribution in [2.75, 3.05) is 0 Å². The zero-order chi connectivity index (χ0) is 3.58. The fourth-order valence-corrected chi connectivity index (χ4v) is 0. The fourth-order valence-electron chi connectivity index (χ4n) is 0. The third-order valence-corrected chi connectivity index (χ3v) is 0. The molecule has 4 nitrogen and oxygen atoms in total. The van der Waals surface area contributed by atoms with Gasteiger partial charge in [0.15, 0.2) is 0 Å². The van der Waals surface area contributed by atoms with Crippen molar-refractivity contribution in [3.8, 4) is 0 Å². The molecule has 0 rings (SSSR count). The number of hydrogen-bond acceptors (Lipinski definition) is 1. The van der Waals surface area contributed by atoms with Gasteiger partial charge in [-0.25, -0.2) is 4.79 Å². The van der Waals surface area contributed by atoms with Crippen molar-refractivity contribution in [1.29, 1.82) is 0 Å². The smallest absolute Gasteiger partial charge is 1.00 e. The second-order valence-electron chi connectivity index (χ2n) is 0.338. The predicted molar refractivity (Wildman–Crippen MR) is 16.9 cm³/mol. The minimum absolute atomic E-state index is 0. The monoisotopic (exact) mass is 103 g/mol. The summed E-state index contributed by atoms with van der Waals surface area (Å²) in [6.07, 6.45) is -1.33. The van der Waals surface area contributed by atoms with E-state index in [4.69, 9.17) is 9.90 Å². The molecule has 0 aliphatic carbocycles. The Kier molecular flexibility index (Phi) is 24.4. The first-order valence-electron chi connectivity index (χ1n) is 0.716. The average Bonchev–Trinajstić information content (AvgIpc) is 0.811. The maximum Gasteiger partial charge on any atom is 1.00 e. The topological polar surface area (TPSA) is 94.8 Å². The van der Waals surface area contributed by atoms with Crippen LogP contribution in [0.1, 0.15) is 1.43 Å². The van der Waals surface area contributed by atoms with Gasteiger partial charge >= 0.3 is 35.7 Å². The van der Waals surface area contributed by atoms with Crippen LogP contribution in [0.3, 0.4) is 0 Å². The van der Waals surface area contributed by atoms with Crippen LogP contribution in [-0.2, 0) is 0 Å². The molecule has 0 radical (unpaired) electrons. The van der Waals surface area contributed by atoms with Gasteiger partial charge in [0.05, 0.1) is 0 Å². The minimum Gasteiger partial charge on any atom is -1.00 e. The van der Waals surface area contributed by atoms with Crippen molar-refractivity contribution in [2.24, 2.45) is 5.73 Å². The molecule has 0 heterocycles. The minimum atomic E-state index is -1.33. The number of carbonyl (C=O) groups is 1. The van der Waals surface area contributed by atoms with Gasteiger partial charge in [-0.05, 0) is 0 Å². The Morgan fingerprint density at radius 3 is 1.83 bits per heavy atom. The molecule has 1 amide bonds. The van der Waals surface area contributed by atoms with Gasteiger partial charge in [0.2, 0.25) is 0 Å². The summed E-state index contributed by atoms with van der Waals surface area (Å²) in [4.78, 5) is 8.78. The van der Waals surface area contributed by atoms with Crippen LogP contribution in [0.5, 0.6) is 0 Å². The molecular weight excluding hydrogens is 97.0 g/mol. The van der Waals surface area contributed by atoms with Gasteiger partial charge in [-0.2, -0.15) is 0 Å². The molecule has 0 fully saturated rings. The van der Waals surface area contributed by atoms with E-state index in [-0.39, 0.29) is 36.5 Å². The van der Waals surface area contributed by atoms with E-state index in [1.165, 1.54) is 0 Å². The summed E-state index contributed by atoms with van der Waals surface area (Å²) in [6, 6.07) is 0. The first-order chi connectivity index (χ1) is 1.73. The molecule has 5 heteroatoms. The number of amides is 1. The van der Waals surface area contributed by atoms with Crippen LogP contribution in [0.15, 0.2) is 0 Å². The number of carboxylic acid groups (broad SMARTS) is 1. The van der Waals surface area contributed by atoms with Crippen molar-refractivity contribution in [3.63, 3.8) is 0 Å². The Bertz CT molecular complexity index is 37.9.